The molecular formula is C10H8F15NO2. The summed E-state index contributed by atoms with van der Waals surface area (Å²) in [5.74, 6) is -47.5. The lowest BCUT2D eigenvalue weighted by molar-refractivity contribution is -0.440. The first kappa shape index (κ1) is 28.6. The Morgan fingerprint density at radius 3 is 1.18 bits per heavy atom. The van der Waals surface area contributed by atoms with Gasteiger partial charge in [0, 0.05) is 12.8 Å². The topological polar surface area (TPSA) is 76.6 Å². The molecule has 3 nitrogen and oxygen atoms in total. The predicted molar refractivity (Wildman–Crippen MR) is 56.0 cm³/mol. The van der Waals surface area contributed by atoms with Gasteiger partial charge in [-0.05, 0) is 0 Å². The molecule has 0 aromatic carbocycles. The molecule has 170 valence electrons. The average Bonchev–Trinajstić information content (AvgIpc) is 2.43. The normalized spacial score (nSPS) is 15.2. The predicted octanol–water partition coefficient (Wildman–Crippen LogP) is 4.27. The van der Waals surface area contributed by atoms with Crippen LogP contribution in [0.3, 0.4) is 0 Å². The fourth-order valence-electron chi connectivity index (χ4n) is 1.38. The van der Waals surface area contributed by atoms with E-state index in [9.17, 15) is 75.8 Å². The molecular weight excluding hydrogens is 451 g/mol. The number of carboxylic acids is 1. The van der Waals surface area contributed by atoms with Crippen LogP contribution >= 0.6 is 0 Å². The maximum Gasteiger partial charge on any atom is 0.460 e. The van der Waals surface area contributed by atoms with Gasteiger partial charge in [-0.25, -0.2) is 0 Å². The highest BCUT2D eigenvalue weighted by molar-refractivity contribution is 5.72. The minimum Gasteiger partial charge on any atom is -0.544 e. The molecule has 0 amide bonds. The van der Waals surface area contributed by atoms with Gasteiger partial charge in [0.2, 0.25) is 0 Å². The highest BCUT2D eigenvalue weighted by atomic mass is 19.4. The minimum atomic E-state index is -8.15. The number of carbonyl (C=O) groups is 1. The van der Waals surface area contributed by atoms with Crippen molar-refractivity contribution in [1.82, 2.24) is 6.15 Å². The number of hydrogen-bond donors (Lipinski definition) is 1. The van der Waals surface area contributed by atoms with Crippen molar-refractivity contribution in [2.24, 2.45) is 0 Å². The fraction of sp³-hybridized carbons (Fsp3) is 0.900. The van der Waals surface area contributed by atoms with Crippen LogP contribution in [0.15, 0.2) is 0 Å². The van der Waals surface area contributed by atoms with E-state index in [2.05, 4.69) is 0 Å². The Hall–Kier alpha value is -1.62. The van der Waals surface area contributed by atoms with Gasteiger partial charge < -0.3 is 16.1 Å². The van der Waals surface area contributed by atoms with Crippen LogP contribution in [0.4, 0.5) is 65.9 Å². The lowest BCUT2D eigenvalue weighted by atomic mass is 9.91. The Labute approximate surface area is 144 Å². The van der Waals surface area contributed by atoms with Gasteiger partial charge in [-0.1, -0.05) is 0 Å². The summed E-state index contributed by atoms with van der Waals surface area (Å²) in [4.78, 5) is 9.80. The van der Waals surface area contributed by atoms with Crippen LogP contribution in [-0.4, -0.2) is 47.7 Å². The van der Waals surface area contributed by atoms with Crippen LogP contribution in [0.2, 0.25) is 0 Å². The second kappa shape index (κ2) is 7.33. The summed E-state index contributed by atoms with van der Waals surface area (Å²) in [6.07, 6.45) is -13.8. The molecule has 0 aliphatic carbocycles. The zero-order valence-electron chi connectivity index (χ0n) is 12.9. The maximum absolute atomic E-state index is 13.1. The number of aliphatic carboxylic acids is 1. The van der Waals surface area contributed by atoms with E-state index in [0.29, 0.717) is 0 Å². The molecule has 0 atom stereocenters. The van der Waals surface area contributed by atoms with E-state index in [1.54, 1.807) is 0 Å². The van der Waals surface area contributed by atoms with E-state index in [0.717, 1.165) is 0 Å². The lowest BCUT2D eigenvalue weighted by Gasteiger charge is -2.40. The van der Waals surface area contributed by atoms with Crippen LogP contribution in [0.5, 0.6) is 0 Å². The number of carboxylic acid groups (broad SMARTS) is 1. The molecule has 0 radical (unpaired) electrons. The second-order valence-electron chi connectivity index (χ2n) is 4.99. The molecule has 0 fully saturated rings. The Morgan fingerprint density at radius 2 is 0.893 bits per heavy atom. The van der Waals surface area contributed by atoms with Gasteiger partial charge in [0.05, 0.1) is 0 Å². The zero-order valence-corrected chi connectivity index (χ0v) is 12.9. The van der Waals surface area contributed by atoms with Gasteiger partial charge in [-0.15, -0.1) is 0 Å². The van der Waals surface area contributed by atoms with Crippen molar-refractivity contribution >= 4 is 5.97 Å². The Kier molecular flexibility index (Phi) is 7.48. The van der Waals surface area contributed by atoms with Gasteiger partial charge in [-0.2, -0.15) is 65.9 Å². The zero-order chi connectivity index (χ0) is 22.5. The summed E-state index contributed by atoms with van der Waals surface area (Å²) in [6, 6.07) is 0. The summed E-state index contributed by atoms with van der Waals surface area (Å²) < 4.78 is 189. The van der Waals surface area contributed by atoms with Crippen molar-refractivity contribution in [3.63, 3.8) is 0 Å². The van der Waals surface area contributed by atoms with Crippen molar-refractivity contribution < 1.29 is 75.8 Å². The van der Waals surface area contributed by atoms with Crippen LogP contribution in [0.1, 0.15) is 12.8 Å². The van der Waals surface area contributed by atoms with Crippen LogP contribution in [0, 0.1) is 0 Å². The first-order valence-electron chi connectivity index (χ1n) is 5.95. The summed E-state index contributed by atoms with van der Waals surface area (Å²) in [7, 11) is 0. The van der Waals surface area contributed by atoms with Crippen molar-refractivity contribution in [3.05, 3.63) is 0 Å². The van der Waals surface area contributed by atoms with Crippen molar-refractivity contribution in [2.45, 2.75) is 54.6 Å². The van der Waals surface area contributed by atoms with E-state index >= 15 is 0 Å². The molecule has 4 N–H and O–H groups in total. The molecule has 0 saturated heterocycles. The van der Waals surface area contributed by atoms with Crippen molar-refractivity contribution in [1.29, 1.82) is 0 Å². The number of halogens is 15. The third-order valence-electron chi connectivity index (χ3n) is 3.05. The van der Waals surface area contributed by atoms with E-state index in [4.69, 9.17) is 0 Å². The van der Waals surface area contributed by atoms with Gasteiger partial charge in [0.25, 0.3) is 5.92 Å². The summed E-state index contributed by atoms with van der Waals surface area (Å²) >= 11 is 0. The molecule has 18 heteroatoms. The molecule has 28 heavy (non-hydrogen) atoms. The van der Waals surface area contributed by atoms with Gasteiger partial charge in [-0.3, -0.25) is 0 Å². The smallest absolute Gasteiger partial charge is 0.460 e. The molecule has 0 heterocycles. The molecule has 0 aliphatic heterocycles. The molecule has 0 rings (SSSR count). The van der Waals surface area contributed by atoms with Gasteiger partial charge in [0.15, 0.2) is 0 Å². The molecule has 0 aromatic rings. The summed E-state index contributed by atoms with van der Waals surface area (Å²) in [6.45, 7) is 0. The molecule has 0 saturated carbocycles. The van der Waals surface area contributed by atoms with Crippen LogP contribution in [-0.2, 0) is 4.79 Å². The van der Waals surface area contributed by atoms with E-state index in [1.807, 2.05) is 0 Å². The number of rotatable bonds is 8. The van der Waals surface area contributed by atoms with E-state index in [-0.39, 0.29) is 6.15 Å². The highest BCUT2D eigenvalue weighted by Crippen LogP contribution is 2.60. The third kappa shape index (κ3) is 4.19. The summed E-state index contributed by atoms with van der Waals surface area (Å²) in [5.41, 5.74) is 0. The third-order valence-corrected chi connectivity index (χ3v) is 3.05. The highest BCUT2D eigenvalue weighted by Gasteiger charge is 2.90. The first-order chi connectivity index (χ1) is 11.4. The Bertz CT molecular complexity index is 568. The fourth-order valence-corrected chi connectivity index (χ4v) is 1.38. The number of carbonyl (C=O) groups excluding carboxylic acids is 1. The molecule has 0 spiro atoms. The lowest BCUT2D eigenvalue weighted by Crippen LogP contribution is -2.70. The Morgan fingerprint density at radius 1 is 0.571 bits per heavy atom. The van der Waals surface area contributed by atoms with Gasteiger partial charge in [0.1, 0.15) is 5.97 Å². The monoisotopic (exact) mass is 459 g/mol. The van der Waals surface area contributed by atoms with Gasteiger partial charge >= 0.3 is 35.8 Å². The molecule has 0 unspecified atom stereocenters. The van der Waals surface area contributed by atoms with Crippen molar-refractivity contribution in [2.75, 3.05) is 0 Å². The van der Waals surface area contributed by atoms with Crippen LogP contribution in [0.25, 0.3) is 0 Å². The second-order valence-corrected chi connectivity index (χ2v) is 4.99. The molecule has 0 aromatic heterocycles. The minimum absolute atomic E-state index is 0. The largest absolute Gasteiger partial charge is 0.544 e. The maximum atomic E-state index is 13.1. The van der Waals surface area contributed by atoms with Crippen LogP contribution < -0.4 is 11.3 Å². The molecule has 0 bridgehead atoms. The van der Waals surface area contributed by atoms with Crippen molar-refractivity contribution in [3.8, 4) is 0 Å². The SMILES string of the molecule is O=C([O-])C(F)(F)CCC(F)(F)C(F)(F)C(F)(F)C(F)(F)C(F)(F)C(F)(F)F.[NH4+]. The standard InChI is InChI=1S/C10H5F15O2.H3N/c11-4(12,3(26)27)1-2-5(13,14)6(15,16)7(17,18)8(19,20)9(21,22)10(23,24)25;/h1-2H2,(H,26,27);1H3. The quantitative estimate of drug-likeness (QED) is 0.551. The van der Waals surface area contributed by atoms with E-state index < -0.39 is 60.5 Å². The number of alkyl halides is 15. The Balaban J connectivity index is 0. The van der Waals surface area contributed by atoms with E-state index in [1.165, 1.54) is 0 Å². The molecule has 0 aliphatic rings. The number of hydrogen-bond acceptors (Lipinski definition) is 2. The number of quaternary nitrogens is 1. The first-order valence-corrected chi connectivity index (χ1v) is 5.95. The average molecular weight is 459 g/mol. The summed E-state index contributed by atoms with van der Waals surface area (Å²) in [5, 5.41) is 9.80.